The van der Waals surface area contributed by atoms with Crippen molar-refractivity contribution in [2.24, 2.45) is 5.16 Å². The Hall–Kier alpha value is -1.01. The monoisotopic (exact) mass is 329 g/mol. The van der Waals surface area contributed by atoms with Gasteiger partial charge in [0.15, 0.2) is 5.71 Å². The van der Waals surface area contributed by atoms with Gasteiger partial charge in [-0.1, -0.05) is 27.2 Å². The van der Waals surface area contributed by atoms with Crippen molar-refractivity contribution in [2.45, 2.75) is 17.4 Å². The highest BCUT2D eigenvalue weighted by Gasteiger charge is 2.26. The van der Waals surface area contributed by atoms with Crippen LogP contribution in [0.5, 0.6) is 0 Å². The van der Waals surface area contributed by atoms with Crippen LogP contribution >= 0.6 is 27.7 Å². The lowest BCUT2D eigenvalue weighted by Crippen LogP contribution is -2.17. The van der Waals surface area contributed by atoms with E-state index in [1.165, 1.54) is 7.11 Å². The Labute approximate surface area is 118 Å². The predicted molar refractivity (Wildman–Crippen MR) is 73.8 cm³/mol. The molecule has 1 aliphatic heterocycles. The van der Waals surface area contributed by atoms with Crippen LogP contribution in [0, 0.1) is 0 Å². The minimum atomic E-state index is -0.412. The zero-order valence-corrected chi connectivity index (χ0v) is 12.2. The minimum Gasteiger partial charge on any atom is -0.464 e. The predicted octanol–water partition coefficient (Wildman–Crippen LogP) is 2.86. The maximum absolute atomic E-state index is 11.2. The number of esters is 1. The van der Waals surface area contributed by atoms with Gasteiger partial charge < -0.3 is 9.57 Å². The maximum atomic E-state index is 11.2. The van der Waals surface area contributed by atoms with E-state index in [2.05, 4.69) is 25.8 Å². The summed E-state index contributed by atoms with van der Waals surface area (Å²) in [4.78, 5) is 17.6. The number of nitrogens with zero attached hydrogens (tertiary/aromatic N) is 1. The molecular formula is C12H12BrNO3S. The van der Waals surface area contributed by atoms with Crippen molar-refractivity contribution in [1.82, 2.24) is 0 Å². The molecule has 4 nitrogen and oxygen atoms in total. The fraction of sp³-hybridized carbons (Fsp3) is 0.333. The first-order chi connectivity index (χ1) is 8.69. The number of rotatable bonds is 4. The molecule has 1 aliphatic rings. The fourth-order valence-electron chi connectivity index (χ4n) is 1.50. The lowest BCUT2D eigenvalue weighted by atomic mass is 10.2. The van der Waals surface area contributed by atoms with Crippen molar-refractivity contribution in [3.8, 4) is 0 Å². The van der Waals surface area contributed by atoms with Crippen LogP contribution in [0.15, 0.2) is 38.8 Å². The molecule has 96 valence electrons. The summed E-state index contributed by atoms with van der Waals surface area (Å²) in [5.41, 5.74) is 0.359. The summed E-state index contributed by atoms with van der Waals surface area (Å²) in [5.74, 6) is 0.338. The van der Waals surface area contributed by atoms with Gasteiger partial charge in [0.1, 0.15) is 6.10 Å². The van der Waals surface area contributed by atoms with E-state index in [1.54, 1.807) is 11.8 Å². The molecule has 0 fully saturated rings. The third-order valence-electron chi connectivity index (χ3n) is 2.39. The number of thioether (sulfide) groups is 1. The van der Waals surface area contributed by atoms with Gasteiger partial charge in [-0.05, 0) is 18.2 Å². The average molecular weight is 330 g/mol. The molecule has 0 N–H and O–H groups in total. The second-order valence-electron chi connectivity index (χ2n) is 3.73. The molecule has 0 radical (unpaired) electrons. The molecule has 1 aromatic rings. The largest absolute Gasteiger partial charge is 0.464 e. The van der Waals surface area contributed by atoms with Crippen molar-refractivity contribution in [2.75, 3.05) is 12.9 Å². The summed E-state index contributed by atoms with van der Waals surface area (Å²) >= 11 is 5.10. The number of carbonyl (C=O) groups excluding carboxylic acids is 1. The minimum absolute atomic E-state index is 0.0666. The normalized spacial score (nSPS) is 18.1. The Balaban J connectivity index is 1.82. The van der Waals surface area contributed by atoms with Gasteiger partial charge in [-0.3, -0.25) is 0 Å². The number of carbonyl (C=O) groups is 1. The highest BCUT2D eigenvalue weighted by atomic mass is 79.9. The number of benzene rings is 1. The molecule has 0 saturated heterocycles. The zero-order chi connectivity index (χ0) is 13.0. The lowest BCUT2D eigenvalue weighted by Gasteiger charge is -2.07. The summed E-state index contributed by atoms with van der Waals surface area (Å²) in [6.45, 7) is 0. The van der Waals surface area contributed by atoms with E-state index < -0.39 is 5.97 Å². The van der Waals surface area contributed by atoms with E-state index in [0.29, 0.717) is 12.1 Å². The number of hydrogen-bond donors (Lipinski definition) is 0. The van der Waals surface area contributed by atoms with Gasteiger partial charge in [0, 0.05) is 21.5 Å². The molecule has 0 aromatic heterocycles. The van der Waals surface area contributed by atoms with Crippen LogP contribution in [-0.2, 0) is 14.4 Å². The Morgan fingerprint density at radius 1 is 1.67 bits per heavy atom. The van der Waals surface area contributed by atoms with Crippen LogP contribution in [0.25, 0.3) is 0 Å². The number of ether oxygens (including phenoxy) is 1. The summed E-state index contributed by atoms with van der Waals surface area (Å²) in [7, 11) is 1.34. The summed E-state index contributed by atoms with van der Waals surface area (Å²) in [5, 5.41) is 3.74. The van der Waals surface area contributed by atoms with Crippen LogP contribution in [0.3, 0.4) is 0 Å². The van der Waals surface area contributed by atoms with E-state index in [9.17, 15) is 4.79 Å². The van der Waals surface area contributed by atoms with E-state index in [4.69, 9.17) is 4.84 Å². The van der Waals surface area contributed by atoms with E-state index in [-0.39, 0.29) is 6.10 Å². The average Bonchev–Trinajstić information content (AvgIpc) is 2.84. The Morgan fingerprint density at radius 3 is 3.22 bits per heavy atom. The van der Waals surface area contributed by atoms with Crippen LogP contribution < -0.4 is 0 Å². The SMILES string of the molecule is COC(=O)C1=NO[C@H](CSc2cccc(Br)c2)C1. The van der Waals surface area contributed by atoms with E-state index >= 15 is 0 Å². The molecule has 0 spiro atoms. The van der Waals surface area contributed by atoms with Crippen molar-refractivity contribution in [1.29, 1.82) is 0 Å². The van der Waals surface area contributed by atoms with Gasteiger partial charge >= 0.3 is 5.97 Å². The molecule has 2 rings (SSSR count). The molecule has 0 amide bonds. The van der Waals surface area contributed by atoms with Crippen molar-refractivity contribution >= 4 is 39.4 Å². The second-order valence-corrected chi connectivity index (χ2v) is 5.74. The second kappa shape index (κ2) is 6.24. The number of halogens is 1. The molecule has 0 saturated carbocycles. The molecule has 18 heavy (non-hydrogen) atoms. The van der Waals surface area contributed by atoms with Crippen LogP contribution in [0.2, 0.25) is 0 Å². The van der Waals surface area contributed by atoms with Crippen molar-refractivity contribution < 1.29 is 14.4 Å². The van der Waals surface area contributed by atoms with E-state index in [0.717, 1.165) is 15.1 Å². The molecule has 1 aromatic carbocycles. The first kappa shape index (κ1) is 13.4. The quantitative estimate of drug-likeness (QED) is 0.629. The highest BCUT2D eigenvalue weighted by molar-refractivity contribution is 9.10. The standard InChI is InChI=1S/C12H12BrNO3S/c1-16-12(15)11-6-9(17-14-11)7-18-10-4-2-3-8(13)5-10/h2-5,9H,6-7H2,1H3/t9-/m0/s1. The highest BCUT2D eigenvalue weighted by Crippen LogP contribution is 2.25. The molecular weight excluding hydrogens is 318 g/mol. The van der Waals surface area contributed by atoms with Gasteiger partial charge in [0.25, 0.3) is 0 Å². The van der Waals surface area contributed by atoms with Gasteiger partial charge in [-0.15, -0.1) is 11.8 Å². The van der Waals surface area contributed by atoms with Crippen LogP contribution in [-0.4, -0.2) is 30.6 Å². The molecule has 1 atom stereocenters. The van der Waals surface area contributed by atoms with Crippen molar-refractivity contribution in [3.63, 3.8) is 0 Å². The molecule has 0 unspecified atom stereocenters. The van der Waals surface area contributed by atoms with E-state index in [1.807, 2.05) is 24.3 Å². The number of methoxy groups -OCH3 is 1. The van der Waals surface area contributed by atoms with Crippen LogP contribution in [0.4, 0.5) is 0 Å². The summed E-state index contributed by atoms with van der Waals surface area (Å²) < 4.78 is 5.65. The fourth-order valence-corrected chi connectivity index (χ4v) is 2.99. The molecule has 1 heterocycles. The Bertz CT molecular complexity index is 478. The third-order valence-corrected chi connectivity index (χ3v) is 4.00. The Kier molecular flexibility index (Phi) is 4.66. The molecule has 6 heteroatoms. The van der Waals surface area contributed by atoms with Crippen LogP contribution in [0.1, 0.15) is 6.42 Å². The lowest BCUT2D eigenvalue weighted by molar-refractivity contribution is -0.132. The zero-order valence-electron chi connectivity index (χ0n) is 9.76. The van der Waals surface area contributed by atoms with Gasteiger partial charge in [0.2, 0.25) is 0 Å². The first-order valence-corrected chi connectivity index (χ1v) is 7.16. The Morgan fingerprint density at radius 2 is 2.50 bits per heavy atom. The first-order valence-electron chi connectivity index (χ1n) is 5.38. The number of hydrogen-bond acceptors (Lipinski definition) is 5. The van der Waals surface area contributed by atoms with Gasteiger partial charge in [-0.25, -0.2) is 4.79 Å². The summed E-state index contributed by atoms with van der Waals surface area (Å²) in [6.07, 6.45) is 0.441. The molecule has 0 bridgehead atoms. The van der Waals surface area contributed by atoms with Gasteiger partial charge in [-0.2, -0.15) is 0 Å². The topological polar surface area (TPSA) is 47.9 Å². The summed E-state index contributed by atoms with van der Waals surface area (Å²) in [6, 6.07) is 8.04. The number of oxime groups is 1. The molecule has 0 aliphatic carbocycles. The smallest absolute Gasteiger partial charge is 0.355 e. The van der Waals surface area contributed by atoms with Gasteiger partial charge in [0.05, 0.1) is 7.11 Å². The maximum Gasteiger partial charge on any atom is 0.355 e. The third kappa shape index (κ3) is 3.49. The van der Waals surface area contributed by atoms with Crippen molar-refractivity contribution in [3.05, 3.63) is 28.7 Å².